The Labute approximate surface area is 147 Å². The van der Waals surface area contributed by atoms with E-state index in [9.17, 15) is 0 Å². The molecule has 1 aromatic heterocycles. The largest absolute Gasteiger partial charge is 0.340 e. The van der Waals surface area contributed by atoms with Crippen molar-refractivity contribution in [2.75, 3.05) is 10.6 Å². The molecule has 124 valence electrons. The molecule has 2 N–H and O–H groups in total. The van der Waals surface area contributed by atoms with Crippen LogP contribution in [0.15, 0.2) is 54.6 Å². The first kappa shape index (κ1) is 16.5. The van der Waals surface area contributed by atoms with Crippen molar-refractivity contribution in [3.8, 4) is 6.07 Å². The molecule has 0 unspecified atom stereocenters. The fourth-order valence-electron chi connectivity index (χ4n) is 2.57. The summed E-state index contributed by atoms with van der Waals surface area (Å²) in [5.74, 6) is 1.22. The van der Waals surface area contributed by atoms with Gasteiger partial charge >= 0.3 is 0 Å². The minimum atomic E-state index is 0.542. The van der Waals surface area contributed by atoms with Crippen LogP contribution in [-0.4, -0.2) is 9.97 Å². The van der Waals surface area contributed by atoms with Crippen LogP contribution in [0.2, 0.25) is 0 Å². The number of aromatic nitrogens is 2. The van der Waals surface area contributed by atoms with Crippen LogP contribution in [0.25, 0.3) is 0 Å². The Morgan fingerprint density at radius 2 is 1.84 bits per heavy atom. The smallest absolute Gasteiger partial charge is 0.229 e. The normalized spacial score (nSPS) is 10.1. The quantitative estimate of drug-likeness (QED) is 0.709. The molecule has 0 aliphatic carbocycles. The minimum absolute atomic E-state index is 0.542. The molecule has 0 amide bonds. The average Bonchev–Trinajstić information content (AvgIpc) is 2.62. The van der Waals surface area contributed by atoms with E-state index in [2.05, 4.69) is 39.7 Å². The van der Waals surface area contributed by atoms with Gasteiger partial charge in [-0.15, -0.1) is 0 Å². The molecule has 3 aromatic rings. The van der Waals surface area contributed by atoms with Crippen molar-refractivity contribution in [1.82, 2.24) is 9.97 Å². The number of anilines is 4. The van der Waals surface area contributed by atoms with Crippen LogP contribution in [0.5, 0.6) is 0 Å². The molecule has 0 saturated carbocycles. The van der Waals surface area contributed by atoms with E-state index in [0.29, 0.717) is 17.3 Å². The van der Waals surface area contributed by atoms with Crippen molar-refractivity contribution < 1.29 is 0 Å². The summed E-state index contributed by atoms with van der Waals surface area (Å²) in [6.45, 7) is 4.04. The van der Waals surface area contributed by atoms with Crippen molar-refractivity contribution in [2.24, 2.45) is 0 Å². The Kier molecular flexibility index (Phi) is 4.91. The van der Waals surface area contributed by atoms with Gasteiger partial charge in [0.1, 0.15) is 5.82 Å². The predicted molar refractivity (Wildman–Crippen MR) is 100 cm³/mol. The van der Waals surface area contributed by atoms with Gasteiger partial charge in [0.15, 0.2) is 0 Å². The summed E-state index contributed by atoms with van der Waals surface area (Å²) in [5, 5.41) is 15.5. The molecule has 2 aromatic carbocycles. The predicted octanol–water partition coefficient (Wildman–Crippen LogP) is 4.71. The fraction of sp³-hybridized carbons (Fsp3) is 0.150. The lowest BCUT2D eigenvalue weighted by molar-refractivity contribution is 1.09. The summed E-state index contributed by atoms with van der Waals surface area (Å²) >= 11 is 0. The zero-order chi connectivity index (χ0) is 17.6. The molecule has 0 radical (unpaired) electrons. The van der Waals surface area contributed by atoms with E-state index in [1.165, 1.54) is 5.56 Å². The lowest BCUT2D eigenvalue weighted by Crippen LogP contribution is -2.03. The summed E-state index contributed by atoms with van der Waals surface area (Å²) < 4.78 is 0. The van der Waals surface area contributed by atoms with E-state index < -0.39 is 0 Å². The molecule has 0 spiro atoms. The third-order valence-corrected chi connectivity index (χ3v) is 3.76. The van der Waals surface area contributed by atoms with Crippen LogP contribution in [0.1, 0.15) is 23.7 Å². The van der Waals surface area contributed by atoms with Crippen LogP contribution < -0.4 is 10.6 Å². The zero-order valence-corrected chi connectivity index (χ0v) is 14.2. The van der Waals surface area contributed by atoms with E-state index in [1.54, 1.807) is 12.1 Å². The second-order valence-corrected chi connectivity index (χ2v) is 5.67. The summed E-state index contributed by atoms with van der Waals surface area (Å²) in [5.41, 5.74) is 4.49. The van der Waals surface area contributed by atoms with Crippen LogP contribution in [0, 0.1) is 18.3 Å². The highest BCUT2D eigenvalue weighted by molar-refractivity contribution is 5.63. The third kappa shape index (κ3) is 4.12. The van der Waals surface area contributed by atoms with Crippen molar-refractivity contribution >= 4 is 23.1 Å². The first-order valence-electron chi connectivity index (χ1n) is 8.15. The number of nitrogens with zero attached hydrogens (tertiary/aromatic N) is 3. The summed E-state index contributed by atoms with van der Waals surface area (Å²) in [6.07, 6.45) is 0.932. The van der Waals surface area contributed by atoms with Gasteiger partial charge in [-0.25, -0.2) is 4.98 Å². The van der Waals surface area contributed by atoms with Crippen molar-refractivity contribution in [1.29, 1.82) is 5.26 Å². The number of rotatable bonds is 5. The third-order valence-electron chi connectivity index (χ3n) is 3.76. The summed E-state index contributed by atoms with van der Waals surface area (Å²) in [7, 11) is 0. The average molecular weight is 329 g/mol. The van der Waals surface area contributed by atoms with Crippen molar-refractivity contribution in [2.45, 2.75) is 20.3 Å². The van der Waals surface area contributed by atoms with Crippen LogP contribution in [0.3, 0.4) is 0 Å². The topological polar surface area (TPSA) is 73.6 Å². The number of nitriles is 1. The number of hydrogen-bond acceptors (Lipinski definition) is 5. The monoisotopic (exact) mass is 329 g/mol. The van der Waals surface area contributed by atoms with Gasteiger partial charge in [-0.05, 0) is 43.2 Å². The Hall–Kier alpha value is -3.39. The molecule has 0 aliphatic rings. The second-order valence-electron chi connectivity index (χ2n) is 5.67. The first-order valence-corrected chi connectivity index (χ1v) is 8.15. The molecule has 0 aliphatic heterocycles. The molecule has 25 heavy (non-hydrogen) atoms. The van der Waals surface area contributed by atoms with Gasteiger partial charge in [-0.2, -0.15) is 10.2 Å². The molecular weight excluding hydrogens is 310 g/mol. The van der Waals surface area contributed by atoms with Gasteiger partial charge < -0.3 is 10.6 Å². The molecule has 3 rings (SSSR count). The first-order chi connectivity index (χ1) is 12.2. The molecule has 0 bridgehead atoms. The minimum Gasteiger partial charge on any atom is -0.340 e. The Bertz CT molecular complexity index is 927. The fourth-order valence-corrected chi connectivity index (χ4v) is 2.57. The van der Waals surface area contributed by atoms with Crippen molar-refractivity contribution in [3.63, 3.8) is 0 Å². The number of hydrogen-bond donors (Lipinski definition) is 2. The van der Waals surface area contributed by atoms with E-state index in [4.69, 9.17) is 5.26 Å². The Morgan fingerprint density at radius 1 is 1.00 bits per heavy atom. The molecule has 1 heterocycles. The highest BCUT2D eigenvalue weighted by Gasteiger charge is 2.06. The zero-order valence-electron chi connectivity index (χ0n) is 14.2. The number of aryl methyl sites for hydroxylation is 2. The number of nitrogens with one attached hydrogen (secondary N) is 2. The summed E-state index contributed by atoms with van der Waals surface area (Å²) in [6, 6.07) is 19.4. The molecule has 0 fully saturated rings. The van der Waals surface area contributed by atoms with Gasteiger partial charge in [0, 0.05) is 23.1 Å². The van der Waals surface area contributed by atoms with Crippen LogP contribution >= 0.6 is 0 Å². The van der Waals surface area contributed by atoms with E-state index in [0.717, 1.165) is 23.5 Å². The van der Waals surface area contributed by atoms with E-state index in [1.807, 2.05) is 43.3 Å². The Morgan fingerprint density at radius 3 is 2.64 bits per heavy atom. The maximum absolute atomic E-state index is 9.02. The van der Waals surface area contributed by atoms with Gasteiger partial charge in [-0.1, -0.05) is 31.2 Å². The van der Waals surface area contributed by atoms with Gasteiger partial charge in [0.05, 0.1) is 11.6 Å². The summed E-state index contributed by atoms with van der Waals surface area (Å²) in [4.78, 5) is 9.00. The molecule has 0 atom stereocenters. The molecule has 0 saturated heterocycles. The van der Waals surface area contributed by atoms with E-state index >= 15 is 0 Å². The molecule has 5 nitrogen and oxygen atoms in total. The van der Waals surface area contributed by atoms with Crippen molar-refractivity contribution in [3.05, 3.63) is 71.4 Å². The van der Waals surface area contributed by atoms with Gasteiger partial charge in [0.2, 0.25) is 5.95 Å². The lowest BCUT2D eigenvalue weighted by atomic mass is 10.1. The van der Waals surface area contributed by atoms with E-state index in [-0.39, 0.29) is 0 Å². The van der Waals surface area contributed by atoms with Crippen LogP contribution in [-0.2, 0) is 6.42 Å². The van der Waals surface area contributed by atoms with Crippen LogP contribution in [0.4, 0.5) is 23.1 Å². The maximum atomic E-state index is 9.02. The second kappa shape index (κ2) is 7.45. The number of benzene rings is 2. The highest BCUT2D eigenvalue weighted by Crippen LogP contribution is 2.22. The molecule has 5 heteroatoms. The van der Waals surface area contributed by atoms with Gasteiger partial charge in [-0.3, -0.25) is 0 Å². The lowest BCUT2D eigenvalue weighted by Gasteiger charge is -2.12. The maximum Gasteiger partial charge on any atom is 0.229 e. The SMILES string of the molecule is CCc1ccccc1Nc1nc(C)cc(Nc2cccc(C#N)c2)n1. The highest BCUT2D eigenvalue weighted by atomic mass is 15.1. The molecular formula is C20H19N5. The number of para-hydroxylation sites is 1. The Balaban J connectivity index is 1.86. The van der Waals surface area contributed by atoms with Gasteiger partial charge in [0.25, 0.3) is 0 Å². The standard InChI is InChI=1S/C20H19N5/c1-3-16-8-4-5-10-18(16)24-20-22-14(2)11-19(25-20)23-17-9-6-7-15(12-17)13-21/h4-12H,3H2,1-2H3,(H2,22,23,24,25).